The van der Waals surface area contributed by atoms with Crippen molar-refractivity contribution in [2.75, 3.05) is 11.9 Å². The van der Waals surface area contributed by atoms with Gasteiger partial charge < -0.3 is 10.4 Å². The van der Waals surface area contributed by atoms with E-state index in [4.69, 9.17) is 0 Å². The molecule has 0 fully saturated rings. The van der Waals surface area contributed by atoms with E-state index in [1.54, 1.807) is 6.20 Å². The molecule has 0 aliphatic rings. The van der Waals surface area contributed by atoms with Gasteiger partial charge in [0.05, 0.1) is 12.6 Å². The predicted octanol–water partition coefficient (Wildman–Crippen LogP) is 2.29. The van der Waals surface area contributed by atoms with Crippen molar-refractivity contribution in [3.63, 3.8) is 0 Å². The fourth-order valence-electron chi connectivity index (χ4n) is 1.56. The van der Waals surface area contributed by atoms with Crippen molar-refractivity contribution in [1.82, 2.24) is 4.98 Å². The van der Waals surface area contributed by atoms with Gasteiger partial charge in [0.15, 0.2) is 0 Å². The largest absolute Gasteiger partial charge is 0.394 e. The molecule has 15 heavy (non-hydrogen) atoms. The normalized spacial score (nSPS) is 13.6. The number of hydrogen-bond acceptors (Lipinski definition) is 3. The third kappa shape index (κ3) is 4.79. The van der Waals surface area contributed by atoms with Crippen LogP contribution in [-0.2, 0) is 0 Å². The highest BCUT2D eigenvalue weighted by molar-refractivity contribution is 5.34. The van der Waals surface area contributed by atoms with Gasteiger partial charge in [0.1, 0.15) is 5.82 Å². The van der Waals surface area contributed by atoms with Crippen LogP contribution in [0.5, 0.6) is 0 Å². The molecule has 0 spiro atoms. The number of anilines is 1. The molecule has 84 valence electrons. The SMILES string of the molecule is CC(C)(C)C[C@@H](CO)Nc1ccccn1. The molecule has 0 amide bonds. The molecule has 0 aromatic carbocycles. The summed E-state index contributed by atoms with van der Waals surface area (Å²) in [4.78, 5) is 4.17. The first kappa shape index (κ1) is 12.0. The lowest BCUT2D eigenvalue weighted by Gasteiger charge is -2.25. The molecular weight excluding hydrogens is 188 g/mol. The van der Waals surface area contributed by atoms with Crippen molar-refractivity contribution < 1.29 is 5.11 Å². The lowest BCUT2D eigenvalue weighted by atomic mass is 9.88. The molecule has 0 saturated carbocycles. The van der Waals surface area contributed by atoms with Crippen LogP contribution in [0.15, 0.2) is 24.4 Å². The average Bonchev–Trinajstić information content (AvgIpc) is 2.16. The van der Waals surface area contributed by atoms with Crippen LogP contribution < -0.4 is 5.32 Å². The van der Waals surface area contributed by atoms with Crippen LogP contribution in [0.1, 0.15) is 27.2 Å². The van der Waals surface area contributed by atoms with Gasteiger partial charge in [0.2, 0.25) is 0 Å². The summed E-state index contributed by atoms with van der Waals surface area (Å²) in [6, 6.07) is 5.79. The third-order valence-corrected chi connectivity index (χ3v) is 2.10. The summed E-state index contributed by atoms with van der Waals surface area (Å²) in [5.74, 6) is 0.820. The Labute approximate surface area is 91.5 Å². The lowest BCUT2D eigenvalue weighted by molar-refractivity contribution is 0.233. The van der Waals surface area contributed by atoms with E-state index < -0.39 is 0 Å². The Hall–Kier alpha value is -1.09. The highest BCUT2D eigenvalue weighted by Crippen LogP contribution is 2.22. The lowest BCUT2D eigenvalue weighted by Crippen LogP contribution is -2.29. The van der Waals surface area contributed by atoms with Crippen molar-refractivity contribution in [1.29, 1.82) is 0 Å². The molecule has 1 aromatic heterocycles. The van der Waals surface area contributed by atoms with Gasteiger partial charge >= 0.3 is 0 Å². The van der Waals surface area contributed by atoms with Crippen LogP contribution >= 0.6 is 0 Å². The van der Waals surface area contributed by atoms with Crippen molar-refractivity contribution >= 4 is 5.82 Å². The minimum absolute atomic E-state index is 0.0694. The van der Waals surface area contributed by atoms with E-state index >= 15 is 0 Å². The van der Waals surface area contributed by atoms with Gasteiger partial charge in [-0.15, -0.1) is 0 Å². The summed E-state index contributed by atoms with van der Waals surface area (Å²) in [6.07, 6.45) is 2.66. The maximum absolute atomic E-state index is 9.26. The maximum Gasteiger partial charge on any atom is 0.126 e. The van der Waals surface area contributed by atoms with Crippen molar-refractivity contribution in [3.05, 3.63) is 24.4 Å². The minimum Gasteiger partial charge on any atom is -0.394 e. The fraction of sp³-hybridized carbons (Fsp3) is 0.583. The van der Waals surface area contributed by atoms with Crippen LogP contribution in [0, 0.1) is 5.41 Å². The molecule has 0 aliphatic carbocycles. The maximum atomic E-state index is 9.26. The molecule has 0 saturated heterocycles. The van der Waals surface area contributed by atoms with Gasteiger partial charge in [-0.05, 0) is 24.0 Å². The summed E-state index contributed by atoms with van der Waals surface area (Å²) in [5.41, 5.74) is 0.204. The summed E-state index contributed by atoms with van der Waals surface area (Å²) in [5, 5.41) is 12.5. The monoisotopic (exact) mass is 208 g/mol. The van der Waals surface area contributed by atoms with Crippen LogP contribution in [0.4, 0.5) is 5.82 Å². The van der Waals surface area contributed by atoms with Crippen LogP contribution in [0.3, 0.4) is 0 Å². The van der Waals surface area contributed by atoms with Gasteiger partial charge in [-0.3, -0.25) is 0 Å². The third-order valence-electron chi connectivity index (χ3n) is 2.10. The average molecular weight is 208 g/mol. The Kier molecular flexibility index (Phi) is 4.09. The van der Waals surface area contributed by atoms with Crippen LogP contribution in [0.2, 0.25) is 0 Å². The molecule has 0 radical (unpaired) electrons. The van der Waals surface area contributed by atoms with Crippen molar-refractivity contribution in [2.24, 2.45) is 5.41 Å². The Morgan fingerprint density at radius 1 is 1.40 bits per heavy atom. The molecular formula is C12H20N2O. The molecule has 3 nitrogen and oxygen atoms in total. The van der Waals surface area contributed by atoms with E-state index in [-0.39, 0.29) is 18.1 Å². The Bertz CT molecular complexity index is 279. The molecule has 0 aliphatic heterocycles. The second-order valence-corrected chi connectivity index (χ2v) is 5.00. The molecule has 1 rings (SSSR count). The zero-order valence-electron chi connectivity index (χ0n) is 9.70. The van der Waals surface area contributed by atoms with E-state index in [1.165, 1.54) is 0 Å². The Balaban J connectivity index is 2.55. The van der Waals surface area contributed by atoms with Gasteiger partial charge in [-0.25, -0.2) is 4.98 Å². The van der Waals surface area contributed by atoms with Gasteiger partial charge in [0.25, 0.3) is 0 Å². The smallest absolute Gasteiger partial charge is 0.126 e. The van der Waals surface area contributed by atoms with Crippen LogP contribution in [0.25, 0.3) is 0 Å². The van der Waals surface area contributed by atoms with Crippen LogP contribution in [-0.4, -0.2) is 22.7 Å². The standard InChI is InChI=1S/C12H20N2O/c1-12(2,3)8-10(9-15)14-11-6-4-5-7-13-11/h4-7,10,15H,8-9H2,1-3H3,(H,13,14)/t10-/m0/s1. The van der Waals surface area contributed by atoms with Gasteiger partial charge in [-0.2, -0.15) is 0 Å². The molecule has 2 N–H and O–H groups in total. The minimum atomic E-state index is 0.0694. The molecule has 1 heterocycles. The quantitative estimate of drug-likeness (QED) is 0.798. The summed E-state index contributed by atoms with van der Waals surface area (Å²) < 4.78 is 0. The van der Waals surface area contributed by atoms with Gasteiger partial charge in [0, 0.05) is 6.20 Å². The van der Waals surface area contributed by atoms with E-state index in [0.717, 1.165) is 12.2 Å². The predicted molar refractivity (Wildman–Crippen MR) is 62.8 cm³/mol. The number of hydrogen-bond donors (Lipinski definition) is 2. The van der Waals surface area contributed by atoms with E-state index in [9.17, 15) is 5.11 Å². The second-order valence-electron chi connectivity index (χ2n) is 5.00. The summed E-state index contributed by atoms with van der Waals surface area (Å²) >= 11 is 0. The first-order valence-corrected chi connectivity index (χ1v) is 5.30. The van der Waals surface area contributed by atoms with Gasteiger partial charge in [-0.1, -0.05) is 26.8 Å². The van der Waals surface area contributed by atoms with E-state index in [1.807, 2.05) is 18.2 Å². The first-order chi connectivity index (χ1) is 7.01. The number of aromatic nitrogens is 1. The zero-order valence-corrected chi connectivity index (χ0v) is 9.70. The number of nitrogens with one attached hydrogen (secondary N) is 1. The molecule has 1 atom stereocenters. The second kappa shape index (κ2) is 5.12. The number of aliphatic hydroxyl groups excluding tert-OH is 1. The highest BCUT2D eigenvalue weighted by Gasteiger charge is 2.18. The number of nitrogens with zero attached hydrogens (tertiary/aromatic N) is 1. The molecule has 1 aromatic rings. The summed E-state index contributed by atoms with van der Waals surface area (Å²) in [6.45, 7) is 6.62. The Morgan fingerprint density at radius 2 is 2.13 bits per heavy atom. The first-order valence-electron chi connectivity index (χ1n) is 5.30. The Morgan fingerprint density at radius 3 is 2.60 bits per heavy atom. The number of rotatable bonds is 4. The number of pyridine rings is 1. The fourth-order valence-corrected chi connectivity index (χ4v) is 1.56. The van der Waals surface area contributed by atoms with E-state index in [2.05, 4.69) is 31.1 Å². The van der Waals surface area contributed by atoms with Crippen molar-refractivity contribution in [2.45, 2.75) is 33.2 Å². The zero-order chi connectivity index (χ0) is 11.3. The topological polar surface area (TPSA) is 45.1 Å². The molecule has 0 bridgehead atoms. The summed E-state index contributed by atoms with van der Waals surface area (Å²) in [7, 11) is 0. The number of aliphatic hydroxyl groups is 1. The van der Waals surface area contributed by atoms with E-state index in [0.29, 0.717) is 0 Å². The van der Waals surface area contributed by atoms with Crippen molar-refractivity contribution in [3.8, 4) is 0 Å². The molecule has 3 heteroatoms. The highest BCUT2D eigenvalue weighted by atomic mass is 16.3. The molecule has 0 unspecified atom stereocenters.